The van der Waals surface area contributed by atoms with Gasteiger partial charge in [-0.15, -0.1) is 0 Å². The average molecular weight is 1330 g/mol. The van der Waals surface area contributed by atoms with Crippen molar-refractivity contribution in [1.29, 1.82) is 0 Å². The predicted molar refractivity (Wildman–Crippen MR) is 372 cm³/mol. The van der Waals surface area contributed by atoms with Crippen molar-refractivity contribution in [2.75, 3.05) is 71.6 Å². The minimum atomic E-state index is -0.801. The van der Waals surface area contributed by atoms with Gasteiger partial charge in [0, 0.05) is 134 Å². The van der Waals surface area contributed by atoms with Gasteiger partial charge in [0.1, 0.15) is 29.0 Å². The third-order valence-corrected chi connectivity index (χ3v) is 19.3. The quantitative estimate of drug-likeness (QED) is 0.0381. The number of carbonyl (C=O) groups is 3. The number of pyridine rings is 1. The summed E-state index contributed by atoms with van der Waals surface area (Å²) in [5.41, 5.74) is 21.1. The molecular weight excluding hydrogens is 1250 g/mol. The molecule has 2 aliphatic heterocycles. The van der Waals surface area contributed by atoms with Crippen molar-refractivity contribution in [3.8, 4) is 11.5 Å². The number of hydrogen-bond acceptors (Lipinski definition) is 13. The van der Waals surface area contributed by atoms with Gasteiger partial charge in [-0.05, 0) is 174 Å². The number of Topliss-reactive ketones (excluding diaryl/α,β-unsaturated/α-hetero) is 2. The molecule has 5 heterocycles. The minimum Gasteiger partial charge on any atom is -0.496 e. The Kier molecular flexibility index (Phi) is 23.8. The normalized spacial score (nSPS) is 17.6. The number of aliphatic hydroxyl groups is 1. The molecule has 4 aliphatic rings. The Morgan fingerprint density at radius 2 is 1.48 bits per heavy atom. The van der Waals surface area contributed by atoms with Crippen molar-refractivity contribution in [3.05, 3.63) is 213 Å². The number of ether oxygens (including phenoxy) is 3. The molecule has 0 radical (unpaired) electrons. The van der Waals surface area contributed by atoms with Gasteiger partial charge in [-0.2, -0.15) is 0 Å². The number of benzene rings is 6. The molecule has 9 aromatic rings. The highest BCUT2D eigenvalue weighted by Gasteiger charge is 2.35. The maximum absolute atomic E-state index is 13.0. The molecule has 500 valence electrons. The van der Waals surface area contributed by atoms with Gasteiger partial charge in [-0.3, -0.25) is 19.4 Å². The number of aryl methyl sites for hydroxylation is 3. The van der Waals surface area contributed by atoms with Crippen LogP contribution in [0.3, 0.4) is 0 Å². The van der Waals surface area contributed by atoms with Crippen LogP contribution in [0.5, 0.6) is 11.5 Å². The number of nitrogens with two attached hydrogens (primary N) is 2. The van der Waals surface area contributed by atoms with Crippen molar-refractivity contribution < 1.29 is 42.5 Å². The summed E-state index contributed by atoms with van der Waals surface area (Å²) in [5, 5.41) is 17.1. The molecule has 1 amide bonds. The summed E-state index contributed by atoms with van der Waals surface area (Å²) in [4.78, 5) is 51.5. The lowest BCUT2D eigenvalue weighted by Crippen LogP contribution is -2.55. The van der Waals surface area contributed by atoms with Crippen LogP contribution in [0.2, 0.25) is 10.0 Å². The lowest BCUT2D eigenvalue weighted by Gasteiger charge is -2.38. The van der Waals surface area contributed by atoms with E-state index in [2.05, 4.69) is 54.5 Å². The second-order valence-electron chi connectivity index (χ2n) is 24.9. The number of anilines is 2. The molecule has 0 bridgehead atoms. The molecule has 2 saturated heterocycles. The first kappa shape index (κ1) is 69.6. The largest absolute Gasteiger partial charge is 0.496 e. The van der Waals surface area contributed by atoms with Crippen LogP contribution in [0, 0.1) is 24.5 Å². The van der Waals surface area contributed by atoms with Gasteiger partial charge in [0.05, 0.1) is 53.3 Å². The second-order valence-corrected chi connectivity index (χ2v) is 25.7. The standard InChI is InChI=1S/C23H29ClFN3O4.C21H23ClFNO2.C18H19N3O.C13H14N2/c1-30-21-13-19(26)18(24)12-17(21)23(29)27-20-8-10-28(14-22(20)31-2)9-3-11-32-16-6-4-15(25)5-7-16;22-18-7-5-17(6-8-18)21(26)11-14-24(15-12-21)13-1-2-20(25)16-3-9-19(23)10-4-16;1-12-19-9-10-21(12)11-13-7-8-16-17(18(13)22)14-5-3-4-6-15(14)20(16)2;14-13-9-5-1-3-7-11(9)15-12-8-4-2-6-10(12)13/h4-7,12-13,20,22H,3,8-11,14,26H2,1-2H3,(H,27,29);3-10,26H,1-2,11-15H2;3-6,9-10,13H,7-8,11H2,1-2H3;1,3,5,7H,2,4,6,8H2,(H2,14,15). The summed E-state index contributed by atoms with van der Waals surface area (Å²) in [7, 11) is 5.19. The number of nitrogens with one attached hydrogen (secondary N) is 1. The lowest BCUT2D eigenvalue weighted by atomic mass is 9.84. The summed E-state index contributed by atoms with van der Waals surface area (Å²) in [5.74, 6) is 1.47. The van der Waals surface area contributed by atoms with Crippen molar-refractivity contribution >= 4 is 73.9 Å². The summed E-state index contributed by atoms with van der Waals surface area (Å²) in [6.45, 7) is 8.01. The molecule has 6 aromatic carbocycles. The van der Waals surface area contributed by atoms with E-state index in [4.69, 9.17) is 53.9 Å². The highest BCUT2D eigenvalue weighted by molar-refractivity contribution is 6.33. The van der Waals surface area contributed by atoms with Gasteiger partial charge < -0.3 is 55.0 Å². The Morgan fingerprint density at radius 1 is 0.800 bits per heavy atom. The molecule has 95 heavy (non-hydrogen) atoms. The van der Waals surface area contributed by atoms with E-state index in [1.54, 1.807) is 31.5 Å². The van der Waals surface area contributed by atoms with E-state index >= 15 is 0 Å². The SMILES string of the molecule is COc1cc(N)c(Cl)cc1C(=O)NC1CCN(CCCOc2ccc(F)cc2)CC1OC.Cc1nccn1CC1CCc2c(c3ccccc3n2C)C1=O.Nc1c2c(nc3ccccc13)CCCC2.O=C(CCCN1CCC(O)(c2ccc(Cl)cc2)CC1)c1ccc(F)cc1. The van der Waals surface area contributed by atoms with Gasteiger partial charge in [0.15, 0.2) is 11.6 Å². The van der Waals surface area contributed by atoms with Crippen LogP contribution >= 0.6 is 23.2 Å². The maximum atomic E-state index is 13.0. The number of ketones is 2. The van der Waals surface area contributed by atoms with Crippen LogP contribution in [-0.2, 0) is 43.2 Å². The molecule has 2 fully saturated rings. The van der Waals surface area contributed by atoms with Crippen LogP contribution in [-0.4, -0.2) is 124 Å². The first-order valence-electron chi connectivity index (χ1n) is 32.7. The summed E-state index contributed by atoms with van der Waals surface area (Å²) >= 11 is 12.0. The van der Waals surface area contributed by atoms with Gasteiger partial charge in [0.2, 0.25) is 0 Å². The average Bonchev–Trinajstić information content (AvgIpc) is 1.65. The molecule has 3 atom stereocenters. The molecule has 3 aromatic heterocycles. The lowest BCUT2D eigenvalue weighted by molar-refractivity contribution is -0.0260. The molecule has 6 N–H and O–H groups in total. The monoisotopic (exact) mass is 1330 g/mol. The fraction of sp³-hybridized carbons (Fsp3) is 0.373. The van der Waals surface area contributed by atoms with Gasteiger partial charge in [0.25, 0.3) is 5.91 Å². The van der Waals surface area contributed by atoms with Crippen molar-refractivity contribution in [2.24, 2.45) is 13.0 Å². The van der Waals surface area contributed by atoms with Crippen molar-refractivity contribution in [2.45, 2.75) is 108 Å². The number of nitrogens with zero attached hydrogens (tertiary/aromatic N) is 6. The number of likely N-dealkylation sites (tertiary alicyclic amines) is 2. The molecule has 20 heteroatoms. The first-order valence-corrected chi connectivity index (χ1v) is 33.5. The molecule has 3 unspecified atom stereocenters. The van der Waals surface area contributed by atoms with Crippen LogP contribution in [0.15, 0.2) is 146 Å². The summed E-state index contributed by atoms with van der Waals surface area (Å²) < 4.78 is 46.7. The number of amides is 1. The van der Waals surface area contributed by atoms with E-state index in [-0.39, 0.29) is 47.2 Å². The Morgan fingerprint density at radius 3 is 2.19 bits per heavy atom. The Balaban J connectivity index is 0.000000142. The smallest absolute Gasteiger partial charge is 0.255 e. The molecule has 0 spiro atoms. The number of aromatic nitrogens is 4. The molecular formula is C75H85Cl2F2N9O7. The zero-order valence-corrected chi connectivity index (χ0v) is 56.0. The number of halogens is 4. The van der Waals surface area contributed by atoms with E-state index in [9.17, 15) is 28.3 Å². The third-order valence-electron chi connectivity index (χ3n) is 18.8. The molecule has 2 aliphatic carbocycles. The molecule has 16 nitrogen and oxygen atoms in total. The van der Waals surface area contributed by atoms with Crippen LogP contribution < -0.4 is 26.3 Å². The van der Waals surface area contributed by atoms with Gasteiger partial charge >= 0.3 is 0 Å². The zero-order valence-electron chi connectivity index (χ0n) is 54.5. The number of rotatable bonds is 17. The fourth-order valence-corrected chi connectivity index (χ4v) is 13.6. The maximum Gasteiger partial charge on any atom is 0.255 e. The zero-order chi connectivity index (χ0) is 67.2. The number of methoxy groups -OCH3 is 2. The highest BCUT2D eigenvalue weighted by Crippen LogP contribution is 2.37. The van der Waals surface area contributed by atoms with Gasteiger partial charge in [-0.1, -0.05) is 71.7 Å². The fourth-order valence-electron chi connectivity index (χ4n) is 13.3. The number of carbonyl (C=O) groups excluding carboxylic acids is 3. The van der Waals surface area contributed by atoms with E-state index in [0.717, 1.165) is 129 Å². The summed E-state index contributed by atoms with van der Waals surface area (Å²) in [6, 6.07) is 38.4. The molecule has 13 rings (SSSR count). The highest BCUT2D eigenvalue weighted by atomic mass is 35.5. The first-order chi connectivity index (χ1) is 45.9. The second kappa shape index (κ2) is 32.5. The van der Waals surface area contributed by atoms with Crippen LogP contribution in [0.4, 0.5) is 20.2 Å². The minimum absolute atomic E-state index is 0.0414. The predicted octanol–water partition coefficient (Wildman–Crippen LogP) is 13.6. The van der Waals surface area contributed by atoms with Crippen LogP contribution in [0.25, 0.3) is 21.8 Å². The topological polar surface area (TPSA) is 205 Å². The van der Waals surface area contributed by atoms with E-state index < -0.39 is 5.60 Å². The number of nitrogen functional groups attached to an aromatic ring is 2. The Bertz CT molecular complexity index is 4080. The Hall–Kier alpha value is -8.23. The van der Waals surface area contributed by atoms with Crippen molar-refractivity contribution in [3.63, 3.8) is 0 Å². The number of fused-ring (bicyclic) bond motifs is 5. The number of para-hydroxylation sites is 2. The third kappa shape index (κ3) is 17.4. The van der Waals surface area contributed by atoms with E-state index in [0.29, 0.717) is 70.8 Å². The van der Waals surface area contributed by atoms with Crippen molar-refractivity contribution in [1.82, 2.24) is 34.2 Å². The van der Waals surface area contributed by atoms with E-state index in [1.807, 2.05) is 67.7 Å². The number of hydrogen-bond donors (Lipinski definition) is 4. The number of imidazole rings is 1. The molecule has 0 saturated carbocycles. The summed E-state index contributed by atoms with van der Waals surface area (Å²) in [6.07, 6.45) is 14.3. The van der Waals surface area contributed by atoms with Gasteiger partial charge in [-0.25, -0.2) is 13.8 Å². The van der Waals surface area contributed by atoms with Crippen LogP contribution in [0.1, 0.15) is 117 Å². The van der Waals surface area contributed by atoms with E-state index in [1.165, 1.54) is 79.4 Å². The Labute approximate surface area is 564 Å². The number of piperidine rings is 2.